The maximum atomic E-state index is 13.7. The summed E-state index contributed by atoms with van der Waals surface area (Å²) in [7, 11) is 3.15. The molecule has 3 fully saturated rings. The van der Waals surface area contributed by atoms with Gasteiger partial charge in [-0.05, 0) is 66.1 Å². The van der Waals surface area contributed by atoms with E-state index in [0.29, 0.717) is 17.2 Å². The Labute approximate surface area is 242 Å². The number of halogens is 1. The second-order valence-electron chi connectivity index (χ2n) is 10.9. The average Bonchev–Trinajstić information content (AvgIpc) is 3.70. The van der Waals surface area contributed by atoms with Crippen molar-refractivity contribution in [3.8, 4) is 11.5 Å². The minimum Gasteiger partial charge on any atom is -0.493 e. The molecule has 2 N–H and O–H groups in total. The molecule has 3 amide bonds. The van der Waals surface area contributed by atoms with Crippen LogP contribution in [0.1, 0.15) is 22.8 Å². The number of carbonyl (C=O) groups is 3. The molecular weight excluding hydrogens is 569 g/mol. The molecule has 2 aliphatic heterocycles. The lowest BCUT2D eigenvalue weighted by Gasteiger charge is -2.43. The first kappa shape index (κ1) is 26.3. The first-order chi connectivity index (χ1) is 19.8. The molecule has 12 heteroatoms. The van der Waals surface area contributed by atoms with Gasteiger partial charge in [-0.2, -0.15) is 0 Å². The highest BCUT2D eigenvalue weighted by Crippen LogP contribution is 2.68. The van der Waals surface area contributed by atoms with Gasteiger partial charge < -0.3 is 19.8 Å². The number of likely N-dealkylation sites (tertiary alicyclic amines) is 1. The number of thiazole rings is 1. The van der Waals surface area contributed by atoms with Crippen LogP contribution in [0.3, 0.4) is 0 Å². The number of thioether (sulfide) groups is 1. The van der Waals surface area contributed by atoms with Crippen LogP contribution in [0.5, 0.6) is 11.5 Å². The van der Waals surface area contributed by atoms with Gasteiger partial charge in [-0.15, -0.1) is 11.8 Å². The summed E-state index contributed by atoms with van der Waals surface area (Å²) in [6.45, 7) is -0.385. The van der Waals surface area contributed by atoms with E-state index in [1.54, 1.807) is 26.0 Å². The lowest BCUT2D eigenvalue weighted by atomic mass is 9.68. The molecule has 9 nitrogen and oxygen atoms in total. The molecule has 7 rings (SSSR count). The number of fused-ring (bicyclic) bond motifs is 9. The van der Waals surface area contributed by atoms with E-state index < -0.39 is 23.6 Å². The first-order valence-electron chi connectivity index (χ1n) is 13.3. The SMILES string of the molecule is COc1ccc([C@H]2c3sc(=O)[nH]c3SC3C4CC(C5C(=O)N(CC(=O)Nc6ccc(F)cc6)C(=O)C45)C32)cc1OC. The maximum Gasteiger partial charge on any atom is 0.305 e. The molecule has 0 spiro atoms. The van der Waals surface area contributed by atoms with Crippen LogP contribution in [0.2, 0.25) is 0 Å². The summed E-state index contributed by atoms with van der Waals surface area (Å²) in [5.41, 5.74) is 1.35. The standard InChI is InChI=1S/C29H26FN3O6S2/c1-38-17-8-3-12(9-18(17)39-2)20-21-15-10-16(24(21)40-26-25(20)41-29(37)32-26)23-22(15)27(35)33(28(23)36)11-19(34)31-14-6-4-13(30)5-7-14/h3-9,15-16,20-24H,10-11H2,1-2H3,(H,31,34)(H,32,37)/t15?,16?,20-,21?,22?,23?,24?/m1/s1. The number of hydrogen-bond donors (Lipinski definition) is 2. The van der Waals surface area contributed by atoms with Gasteiger partial charge >= 0.3 is 4.87 Å². The normalized spacial score (nSPS) is 29.2. The van der Waals surface area contributed by atoms with Crippen molar-refractivity contribution in [3.63, 3.8) is 0 Å². The number of carbonyl (C=O) groups excluding carboxylic acids is 3. The van der Waals surface area contributed by atoms with E-state index in [-0.39, 0.29) is 52.2 Å². The Morgan fingerprint density at radius 2 is 1.73 bits per heavy atom. The molecule has 2 aliphatic carbocycles. The Balaban J connectivity index is 1.20. The number of rotatable bonds is 6. The minimum absolute atomic E-state index is 0.0213. The van der Waals surface area contributed by atoms with Gasteiger partial charge in [0.2, 0.25) is 17.7 Å². The number of anilines is 1. The van der Waals surface area contributed by atoms with Gasteiger partial charge in [-0.1, -0.05) is 17.4 Å². The second kappa shape index (κ2) is 9.73. The molecule has 6 unspecified atom stereocenters. The molecule has 7 atom stereocenters. The van der Waals surface area contributed by atoms with Crippen LogP contribution >= 0.6 is 23.1 Å². The fourth-order valence-electron chi connectivity index (χ4n) is 7.53. The number of aromatic amines is 1. The van der Waals surface area contributed by atoms with Gasteiger partial charge in [0.05, 0.1) is 31.1 Å². The van der Waals surface area contributed by atoms with Crippen LogP contribution in [-0.2, 0) is 14.4 Å². The predicted molar refractivity (Wildman–Crippen MR) is 150 cm³/mol. The van der Waals surface area contributed by atoms with Crippen molar-refractivity contribution >= 4 is 46.5 Å². The smallest absolute Gasteiger partial charge is 0.305 e. The maximum absolute atomic E-state index is 13.7. The minimum atomic E-state index is -0.514. The number of imide groups is 1. The van der Waals surface area contributed by atoms with E-state index in [1.807, 2.05) is 18.2 Å². The molecule has 4 aliphatic rings. The molecule has 41 heavy (non-hydrogen) atoms. The van der Waals surface area contributed by atoms with Crippen LogP contribution in [0.25, 0.3) is 0 Å². The summed E-state index contributed by atoms with van der Waals surface area (Å²) < 4.78 is 24.3. The van der Waals surface area contributed by atoms with E-state index in [9.17, 15) is 23.6 Å². The Kier molecular flexibility index (Phi) is 6.23. The average molecular weight is 596 g/mol. The van der Waals surface area contributed by atoms with Crippen LogP contribution in [-0.4, -0.2) is 53.6 Å². The third-order valence-electron chi connectivity index (χ3n) is 9.01. The molecule has 2 aromatic carbocycles. The van der Waals surface area contributed by atoms with Crippen LogP contribution in [0.4, 0.5) is 10.1 Å². The van der Waals surface area contributed by atoms with Crippen LogP contribution < -0.4 is 19.7 Å². The number of aromatic nitrogens is 1. The fourth-order valence-corrected chi connectivity index (χ4v) is 10.4. The largest absolute Gasteiger partial charge is 0.493 e. The van der Waals surface area contributed by atoms with Gasteiger partial charge in [0.1, 0.15) is 12.4 Å². The Hall–Kier alpha value is -3.64. The predicted octanol–water partition coefficient (Wildman–Crippen LogP) is 3.70. The van der Waals surface area contributed by atoms with Gasteiger partial charge in [0.15, 0.2) is 11.5 Å². The highest BCUT2D eigenvalue weighted by atomic mass is 32.2. The number of benzene rings is 2. The second-order valence-corrected chi connectivity index (χ2v) is 13.1. The van der Waals surface area contributed by atoms with Crippen molar-refractivity contribution < 1.29 is 28.2 Å². The highest BCUT2D eigenvalue weighted by molar-refractivity contribution is 8.00. The zero-order chi connectivity index (χ0) is 28.6. The topological polar surface area (TPSA) is 118 Å². The van der Waals surface area contributed by atoms with E-state index in [4.69, 9.17) is 9.47 Å². The summed E-state index contributed by atoms with van der Waals surface area (Å²) in [4.78, 5) is 57.5. The molecule has 0 radical (unpaired) electrons. The summed E-state index contributed by atoms with van der Waals surface area (Å²) in [6, 6.07) is 11.1. The number of ether oxygens (including phenoxy) is 2. The summed E-state index contributed by atoms with van der Waals surface area (Å²) in [5.74, 6) is -1.66. The zero-order valence-corrected chi connectivity index (χ0v) is 23.7. The van der Waals surface area contributed by atoms with E-state index in [0.717, 1.165) is 26.8 Å². The molecular formula is C29H26FN3O6S2. The number of H-pyrrole nitrogens is 1. The lowest BCUT2D eigenvalue weighted by molar-refractivity contribution is -0.143. The van der Waals surface area contributed by atoms with Crippen molar-refractivity contribution in [2.24, 2.45) is 29.6 Å². The third kappa shape index (κ3) is 4.02. The molecule has 1 saturated heterocycles. The van der Waals surface area contributed by atoms with Crippen molar-refractivity contribution in [3.05, 3.63) is 68.4 Å². The molecule has 2 saturated carbocycles. The Morgan fingerprint density at radius 3 is 2.44 bits per heavy atom. The lowest BCUT2D eigenvalue weighted by Crippen LogP contribution is -2.42. The number of hydrogen-bond acceptors (Lipinski definition) is 8. The van der Waals surface area contributed by atoms with Gasteiger partial charge in [0, 0.05) is 21.7 Å². The number of nitrogens with zero attached hydrogens (tertiary/aromatic N) is 1. The van der Waals surface area contributed by atoms with Crippen molar-refractivity contribution in [2.75, 3.05) is 26.1 Å². The summed E-state index contributed by atoms with van der Waals surface area (Å²) in [5, 5.41) is 3.49. The zero-order valence-electron chi connectivity index (χ0n) is 22.1. The Morgan fingerprint density at radius 1 is 1.02 bits per heavy atom. The number of nitrogens with one attached hydrogen (secondary N) is 2. The molecule has 212 valence electrons. The molecule has 3 aromatic rings. The third-order valence-corrected chi connectivity index (χ3v) is 11.6. The molecule has 2 bridgehead atoms. The van der Waals surface area contributed by atoms with Gasteiger partial charge in [0.25, 0.3) is 0 Å². The van der Waals surface area contributed by atoms with Crippen LogP contribution in [0, 0.1) is 35.4 Å². The molecule has 3 heterocycles. The van der Waals surface area contributed by atoms with Crippen molar-refractivity contribution in [1.29, 1.82) is 0 Å². The van der Waals surface area contributed by atoms with E-state index >= 15 is 0 Å². The van der Waals surface area contributed by atoms with E-state index in [1.165, 1.54) is 35.6 Å². The summed E-state index contributed by atoms with van der Waals surface area (Å²) in [6.07, 6.45) is 0.744. The Bertz CT molecular complexity index is 1640. The van der Waals surface area contributed by atoms with Crippen molar-refractivity contribution in [2.45, 2.75) is 22.6 Å². The quantitative estimate of drug-likeness (QED) is 0.418. The fraction of sp³-hybridized carbons (Fsp3) is 0.379. The number of amides is 3. The monoisotopic (exact) mass is 595 g/mol. The van der Waals surface area contributed by atoms with Crippen LogP contribution in [0.15, 0.2) is 52.3 Å². The first-order valence-corrected chi connectivity index (χ1v) is 15.0. The summed E-state index contributed by atoms with van der Waals surface area (Å²) >= 11 is 2.79. The van der Waals surface area contributed by atoms with E-state index in [2.05, 4.69) is 10.3 Å². The number of methoxy groups -OCH3 is 2. The van der Waals surface area contributed by atoms with Gasteiger partial charge in [-0.3, -0.25) is 24.1 Å². The molecule has 1 aromatic heterocycles. The highest BCUT2D eigenvalue weighted by Gasteiger charge is 2.69. The van der Waals surface area contributed by atoms with Crippen molar-refractivity contribution in [1.82, 2.24) is 9.88 Å². The van der Waals surface area contributed by atoms with Gasteiger partial charge in [-0.25, -0.2) is 4.39 Å².